The first kappa shape index (κ1) is 8.19. The molecule has 0 unspecified atom stereocenters. The van der Waals surface area contributed by atoms with Crippen LogP contribution >= 0.6 is 11.3 Å². The van der Waals surface area contributed by atoms with Gasteiger partial charge in [-0.2, -0.15) is 5.10 Å². The Morgan fingerprint density at radius 2 is 2.23 bits per heavy atom. The summed E-state index contributed by atoms with van der Waals surface area (Å²) in [5, 5.41) is 7.14. The molecule has 66 valence electrons. The molecule has 2 aromatic rings. The number of hydrogen-bond donors (Lipinski definition) is 0. The van der Waals surface area contributed by atoms with Crippen molar-refractivity contribution in [1.82, 2.24) is 9.66 Å². The lowest BCUT2D eigenvalue weighted by atomic mass is 10.6. The summed E-state index contributed by atoms with van der Waals surface area (Å²) in [7, 11) is 0. The van der Waals surface area contributed by atoms with Crippen LogP contribution in [-0.4, -0.2) is 15.9 Å². The van der Waals surface area contributed by atoms with Crippen LogP contribution < -0.4 is 0 Å². The number of hydrogen-bond acceptors (Lipinski definition) is 3. The number of aromatic nitrogens is 2. The Balaban J connectivity index is 2.14. The average Bonchev–Trinajstić information content (AvgIpc) is 2.71. The van der Waals surface area contributed by atoms with Crippen LogP contribution in [0.25, 0.3) is 0 Å². The molecule has 4 heteroatoms. The maximum atomic E-state index is 4.27. The Labute approximate surface area is 80.4 Å². The van der Waals surface area contributed by atoms with E-state index in [0.717, 1.165) is 10.7 Å². The fraction of sp³-hybridized carbons (Fsp3) is 0.111. The molecule has 0 aromatic carbocycles. The predicted octanol–water partition coefficient (Wildman–Crippen LogP) is 2.14. The molecule has 0 radical (unpaired) electrons. The number of aryl methyl sites for hydroxylation is 1. The molecule has 0 bridgehead atoms. The molecule has 0 saturated carbocycles. The topological polar surface area (TPSA) is 30.2 Å². The van der Waals surface area contributed by atoms with Crippen molar-refractivity contribution in [1.29, 1.82) is 0 Å². The van der Waals surface area contributed by atoms with Gasteiger partial charge in [0.15, 0.2) is 0 Å². The van der Waals surface area contributed by atoms with Crippen LogP contribution in [0.15, 0.2) is 35.0 Å². The summed E-state index contributed by atoms with van der Waals surface area (Å²) in [6.45, 7) is 1.98. The molecule has 13 heavy (non-hydrogen) atoms. The minimum atomic E-state index is 0.936. The van der Waals surface area contributed by atoms with E-state index in [0.29, 0.717) is 0 Å². The maximum Gasteiger partial charge on any atom is 0.136 e. The van der Waals surface area contributed by atoms with Gasteiger partial charge in [-0.25, -0.2) is 9.66 Å². The van der Waals surface area contributed by atoms with Crippen LogP contribution in [0, 0.1) is 6.92 Å². The van der Waals surface area contributed by atoms with Gasteiger partial charge < -0.3 is 0 Å². The predicted molar refractivity (Wildman–Crippen MR) is 54.3 cm³/mol. The zero-order chi connectivity index (χ0) is 9.10. The van der Waals surface area contributed by atoms with Crippen molar-refractivity contribution in [2.75, 3.05) is 0 Å². The van der Waals surface area contributed by atoms with E-state index in [1.54, 1.807) is 22.2 Å². The first-order valence-corrected chi connectivity index (χ1v) is 4.82. The van der Waals surface area contributed by atoms with Gasteiger partial charge in [-0.15, -0.1) is 11.3 Å². The highest BCUT2D eigenvalue weighted by Crippen LogP contribution is 2.05. The van der Waals surface area contributed by atoms with Gasteiger partial charge in [0.25, 0.3) is 0 Å². The normalized spacial score (nSPS) is 11.2. The second kappa shape index (κ2) is 3.53. The van der Waals surface area contributed by atoms with Gasteiger partial charge in [-0.3, -0.25) is 0 Å². The molecule has 0 N–H and O–H groups in total. The first-order valence-electron chi connectivity index (χ1n) is 3.94. The van der Waals surface area contributed by atoms with Gasteiger partial charge >= 0.3 is 0 Å². The highest BCUT2D eigenvalue weighted by atomic mass is 32.1. The Hall–Kier alpha value is -1.42. The van der Waals surface area contributed by atoms with E-state index >= 15 is 0 Å². The molecular weight excluding hydrogens is 182 g/mol. The summed E-state index contributed by atoms with van der Waals surface area (Å²) in [5.41, 5.74) is 1.04. The van der Waals surface area contributed by atoms with Crippen LogP contribution in [0.5, 0.6) is 0 Å². The molecule has 0 aliphatic carbocycles. The lowest BCUT2D eigenvalue weighted by Crippen LogP contribution is -1.85. The summed E-state index contributed by atoms with van der Waals surface area (Å²) in [5.74, 6) is 0. The van der Waals surface area contributed by atoms with Crippen molar-refractivity contribution in [3.63, 3.8) is 0 Å². The van der Waals surface area contributed by atoms with Crippen molar-refractivity contribution < 1.29 is 0 Å². The SMILES string of the molecule is Cc1csc(/C=N/n2cccc2)n1. The minimum Gasteiger partial charge on any atom is -0.248 e. The van der Waals surface area contributed by atoms with Crippen molar-refractivity contribution in [3.05, 3.63) is 40.6 Å². The van der Waals surface area contributed by atoms with Crippen molar-refractivity contribution in [3.8, 4) is 0 Å². The van der Waals surface area contributed by atoms with Crippen LogP contribution in [0.2, 0.25) is 0 Å². The van der Waals surface area contributed by atoms with Gasteiger partial charge in [0, 0.05) is 23.5 Å². The summed E-state index contributed by atoms with van der Waals surface area (Å²) in [6.07, 6.45) is 5.53. The Kier molecular flexibility index (Phi) is 2.23. The third kappa shape index (κ3) is 2.03. The van der Waals surface area contributed by atoms with E-state index in [1.807, 2.05) is 36.8 Å². The quantitative estimate of drug-likeness (QED) is 0.669. The van der Waals surface area contributed by atoms with E-state index in [2.05, 4.69) is 10.1 Å². The number of thiazole rings is 1. The molecule has 2 rings (SSSR count). The molecule has 2 heterocycles. The van der Waals surface area contributed by atoms with E-state index in [1.165, 1.54) is 0 Å². The van der Waals surface area contributed by atoms with Crippen LogP contribution in [0.4, 0.5) is 0 Å². The minimum absolute atomic E-state index is 0.936. The summed E-state index contributed by atoms with van der Waals surface area (Å²) in [6, 6.07) is 3.87. The second-order valence-corrected chi connectivity index (χ2v) is 3.52. The van der Waals surface area contributed by atoms with E-state index in [4.69, 9.17) is 0 Å². The van der Waals surface area contributed by atoms with Crippen molar-refractivity contribution in [2.45, 2.75) is 6.92 Å². The molecule has 0 aliphatic heterocycles. The molecule has 0 amide bonds. The summed E-state index contributed by atoms with van der Waals surface area (Å²) in [4.78, 5) is 4.27. The van der Waals surface area contributed by atoms with Gasteiger partial charge in [0.1, 0.15) is 5.01 Å². The van der Waals surface area contributed by atoms with Gasteiger partial charge in [-0.05, 0) is 19.1 Å². The molecule has 0 fully saturated rings. The first-order chi connectivity index (χ1) is 6.34. The molecule has 3 nitrogen and oxygen atoms in total. The Morgan fingerprint density at radius 1 is 1.46 bits per heavy atom. The molecule has 2 aromatic heterocycles. The van der Waals surface area contributed by atoms with Crippen molar-refractivity contribution >= 4 is 17.6 Å². The van der Waals surface area contributed by atoms with Crippen molar-refractivity contribution in [2.24, 2.45) is 5.10 Å². The molecule has 0 spiro atoms. The van der Waals surface area contributed by atoms with Crippen LogP contribution in [0.3, 0.4) is 0 Å². The van der Waals surface area contributed by atoms with E-state index in [-0.39, 0.29) is 0 Å². The van der Waals surface area contributed by atoms with Gasteiger partial charge in [-0.1, -0.05) is 0 Å². The molecule has 0 aliphatic rings. The monoisotopic (exact) mass is 191 g/mol. The van der Waals surface area contributed by atoms with Gasteiger partial charge in [0.2, 0.25) is 0 Å². The highest BCUT2D eigenvalue weighted by molar-refractivity contribution is 7.11. The maximum absolute atomic E-state index is 4.27. The Morgan fingerprint density at radius 3 is 2.85 bits per heavy atom. The zero-order valence-corrected chi connectivity index (χ0v) is 8.03. The summed E-state index contributed by atoms with van der Waals surface area (Å²) >= 11 is 1.60. The van der Waals surface area contributed by atoms with Gasteiger partial charge in [0.05, 0.1) is 6.21 Å². The highest BCUT2D eigenvalue weighted by Gasteiger charge is 1.92. The fourth-order valence-electron chi connectivity index (χ4n) is 0.950. The molecule has 0 atom stereocenters. The number of rotatable bonds is 2. The third-order valence-electron chi connectivity index (χ3n) is 1.53. The second-order valence-electron chi connectivity index (χ2n) is 2.63. The average molecular weight is 191 g/mol. The lowest BCUT2D eigenvalue weighted by molar-refractivity contribution is 0.894. The molecule has 0 saturated heterocycles. The summed E-state index contributed by atoms with van der Waals surface area (Å²) < 4.78 is 1.75. The van der Waals surface area contributed by atoms with E-state index in [9.17, 15) is 0 Å². The lowest BCUT2D eigenvalue weighted by Gasteiger charge is -1.88. The third-order valence-corrected chi connectivity index (χ3v) is 2.42. The Bertz CT molecular complexity index is 400. The fourth-order valence-corrected chi connectivity index (χ4v) is 1.60. The van der Waals surface area contributed by atoms with E-state index < -0.39 is 0 Å². The molecular formula is C9H9N3S. The van der Waals surface area contributed by atoms with Crippen LogP contribution in [-0.2, 0) is 0 Å². The van der Waals surface area contributed by atoms with Crippen LogP contribution in [0.1, 0.15) is 10.7 Å². The standard InChI is InChI=1S/C9H9N3S/c1-8-7-13-9(11-8)6-10-12-4-2-3-5-12/h2-7H,1H3/b10-6+. The zero-order valence-electron chi connectivity index (χ0n) is 7.21. The largest absolute Gasteiger partial charge is 0.248 e. The smallest absolute Gasteiger partial charge is 0.136 e. The number of nitrogens with zero attached hydrogens (tertiary/aromatic N) is 3.